The summed E-state index contributed by atoms with van der Waals surface area (Å²) in [6, 6.07) is 10.3. The van der Waals surface area contributed by atoms with Gasteiger partial charge in [0.2, 0.25) is 5.91 Å². The van der Waals surface area contributed by atoms with Crippen molar-refractivity contribution in [1.29, 1.82) is 0 Å². The molecule has 0 fully saturated rings. The molecule has 0 bridgehead atoms. The third-order valence-corrected chi connectivity index (χ3v) is 5.34. The van der Waals surface area contributed by atoms with Crippen molar-refractivity contribution >= 4 is 33.8 Å². The molecular formula is C23H28N6O. The van der Waals surface area contributed by atoms with Gasteiger partial charge in [-0.15, -0.1) is 0 Å². The van der Waals surface area contributed by atoms with E-state index in [1.165, 1.54) is 0 Å². The van der Waals surface area contributed by atoms with Gasteiger partial charge in [-0.1, -0.05) is 32.0 Å². The van der Waals surface area contributed by atoms with Gasteiger partial charge in [0.05, 0.1) is 17.9 Å². The van der Waals surface area contributed by atoms with Gasteiger partial charge in [-0.3, -0.25) is 4.79 Å². The molecule has 0 saturated heterocycles. The van der Waals surface area contributed by atoms with Crippen LogP contribution in [0.4, 0.5) is 5.82 Å². The van der Waals surface area contributed by atoms with E-state index >= 15 is 0 Å². The van der Waals surface area contributed by atoms with Crippen molar-refractivity contribution in [2.24, 2.45) is 13.0 Å². The number of aromatic amines is 1. The number of nitrogens with zero attached hydrogens (tertiary/aromatic N) is 3. The fourth-order valence-corrected chi connectivity index (χ4v) is 3.86. The third kappa shape index (κ3) is 3.63. The molecule has 3 heterocycles. The van der Waals surface area contributed by atoms with E-state index in [1.54, 1.807) is 6.33 Å². The average Bonchev–Trinajstić information content (AvgIpc) is 3.30. The van der Waals surface area contributed by atoms with Crippen molar-refractivity contribution in [3.05, 3.63) is 42.2 Å². The highest BCUT2D eigenvalue weighted by Gasteiger charge is 2.16. The van der Waals surface area contributed by atoms with Crippen LogP contribution >= 0.6 is 0 Å². The summed E-state index contributed by atoms with van der Waals surface area (Å²) in [5.41, 5.74) is 5.81. The number of imidazole rings is 1. The van der Waals surface area contributed by atoms with E-state index in [9.17, 15) is 4.79 Å². The van der Waals surface area contributed by atoms with E-state index in [-0.39, 0.29) is 11.9 Å². The van der Waals surface area contributed by atoms with Gasteiger partial charge in [0.25, 0.3) is 0 Å². The fraction of sp³-hybridized carbons (Fsp3) is 0.348. The molecule has 4 aromatic rings. The maximum Gasteiger partial charge on any atom is 0.220 e. The Morgan fingerprint density at radius 2 is 2.03 bits per heavy atom. The molecular weight excluding hydrogens is 376 g/mol. The number of anilines is 1. The molecule has 7 nitrogen and oxygen atoms in total. The number of H-pyrrole nitrogens is 1. The maximum absolute atomic E-state index is 12.2. The lowest BCUT2D eigenvalue weighted by atomic mass is 10.0. The van der Waals surface area contributed by atoms with Crippen LogP contribution < -0.4 is 10.6 Å². The summed E-state index contributed by atoms with van der Waals surface area (Å²) in [7, 11) is 3.84. The van der Waals surface area contributed by atoms with E-state index < -0.39 is 0 Å². The Hall–Kier alpha value is -3.35. The van der Waals surface area contributed by atoms with Crippen LogP contribution in [-0.2, 0) is 11.8 Å². The topological polar surface area (TPSA) is 87.6 Å². The molecule has 1 amide bonds. The summed E-state index contributed by atoms with van der Waals surface area (Å²) < 4.78 is 2.01. The van der Waals surface area contributed by atoms with Gasteiger partial charge in [-0.25, -0.2) is 9.97 Å². The molecule has 3 N–H and O–H groups in total. The second kappa shape index (κ2) is 7.82. The van der Waals surface area contributed by atoms with Gasteiger partial charge in [0.1, 0.15) is 11.2 Å². The predicted octanol–water partition coefficient (Wildman–Crippen LogP) is 4.38. The Balaban J connectivity index is 1.71. The van der Waals surface area contributed by atoms with Crippen LogP contribution in [0, 0.1) is 5.92 Å². The van der Waals surface area contributed by atoms with Gasteiger partial charge < -0.3 is 20.2 Å². The Bertz CT molecular complexity index is 1220. The minimum absolute atomic E-state index is 0.0571. The average molecular weight is 405 g/mol. The molecule has 1 aromatic carbocycles. The van der Waals surface area contributed by atoms with Gasteiger partial charge in [0, 0.05) is 31.6 Å². The first-order valence-electron chi connectivity index (χ1n) is 10.3. The number of carbonyl (C=O) groups is 1. The second-order valence-corrected chi connectivity index (χ2v) is 8.22. The lowest BCUT2D eigenvalue weighted by Gasteiger charge is -2.16. The summed E-state index contributed by atoms with van der Waals surface area (Å²) in [5, 5.41) is 7.26. The van der Waals surface area contributed by atoms with Crippen LogP contribution in [0.2, 0.25) is 0 Å². The van der Waals surface area contributed by atoms with E-state index in [2.05, 4.69) is 38.8 Å². The summed E-state index contributed by atoms with van der Waals surface area (Å²) in [6.45, 7) is 6.11. The van der Waals surface area contributed by atoms with Gasteiger partial charge in [-0.2, -0.15) is 0 Å². The van der Waals surface area contributed by atoms with Crippen LogP contribution in [0.15, 0.2) is 36.7 Å². The van der Waals surface area contributed by atoms with Crippen LogP contribution in [0.25, 0.3) is 33.3 Å². The highest BCUT2D eigenvalue weighted by molar-refractivity contribution is 6.07. The fourth-order valence-electron chi connectivity index (χ4n) is 3.86. The van der Waals surface area contributed by atoms with Crippen LogP contribution in [0.5, 0.6) is 0 Å². The lowest BCUT2D eigenvalue weighted by molar-refractivity contribution is -0.122. The largest absolute Gasteiger partial charge is 0.371 e. The molecule has 0 radical (unpaired) electrons. The summed E-state index contributed by atoms with van der Waals surface area (Å²) >= 11 is 0. The van der Waals surface area contributed by atoms with Gasteiger partial charge in [0.15, 0.2) is 5.82 Å². The van der Waals surface area contributed by atoms with E-state index in [4.69, 9.17) is 4.98 Å². The van der Waals surface area contributed by atoms with E-state index in [0.29, 0.717) is 12.3 Å². The molecule has 0 spiro atoms. The van der Waals surface area contributed by atoms with Crippen molar-refractivity contribution in [3.63, 3.8) is 0 Å². The first kappa shape index (κ1) is 19.9. The molecule has 0 aliphatic carbocycles. The Morgan fingerprint density at radius 1 is 1.23 bits per heavy atom. The van der Waals surface area contributed by atoms with Crippen molar-refractivity contribution in [2.75, 3.05) is 12.4 Å². The summed E-state index contributed by atoms with van der Waals surface area (Å²) in [6.07, 6.45) is 2.34. The molecule has 1 unspecified atom stereocenters. The molecule has 0 saturated carbocycles. The van der Waals surface area contributed by atoms with E-state index in [1.807, 2.05) is 51.6 Å². The van der Waals surface area contributed by atoms with Crippen molar-refractivity contribution in [2.45, 2.75) is 33.2 Å². The number of hydrogen-bond acceptors (Lipinski definition) is 4. The van der Waals surface area contributed by atoms with Gasteiger partial charge in [-0.05, 0) is 36.1 Å². The zero-order valence-corrected chi connectivity index (χ0v) is 18.1. The number of carbonyl (C=O) groups excluding carboxylic acids is 1. The standard InChI is InChI=1S/C23H28N6O/c1-13(2)9-19(30)26-14(3)15-7-6-8-16(10-15)18-11-17-21-20(25-12-29(21)5)23(24-4)28-22(17)27-18/h6-8,10-14H,9H2,1-5H3,(H,26,30)(H2,24,27,28). The number of aromatic nitrogens is 4. The highest BCUT2D eigenvalue weighted by atomic mass is 16.1. The monoisotopic (exact) mass is 404 g/mol. The quantitative estimate of drug-likeness (QED) is 0.445. The minimum Gasteiger partial charge on any atom is -0.371 e. The minimum atomic E-state index is -0.0571. The molecule has 30 heavy (non-hydrogen) atoms. The lowest BCUT2D eigenvalue weighted by Crippen LogP contribution is -2.27. The zero-order valence-electron chi connectivity index (χ0n) is 18.1. The molecule has 4 rings (SSSR count). The smallest absolute Gasteiger partial charge is 0.220 e. The molecule has 1 atom stereocenters. The number of amides is 1. The first-order chi connectivity index (χ1) is 14.4. The van der Waals surface area contributed by atoms with Crippen molar-refractivity contribution in [1.82, 2.24) is 24.8 Å². The first-order valence-corrected chi connectivity index (χ1v) is 10.3. The summed E-state index contributed by atoms with van der Waals surface area (Å²) in [4.78, 5) is 24.8. The number of nitrogens with one attached hydrogen (secondary N) is 3. The van der Waals surface area contributed by atoms with Crippen molar-refractivity contribution < 1.29 is 4.79 Å². The second-order valence-electron chi connectivity index (χ2n) is 8.22. The Kier molecular flexibility index (Phi) is 5.20. The van der Waals surface area contributed by atoms with Crippen LogP contribution in [-0.4, -0.2) is 32.5 Å². The number of rotatable bonds is 6. The third-order valence-electron chi connectivity index (χ3n) is 5.34. The zero-order chi connectivity index (χ0) is 21.4. The number of hydrogen-bond donors (Lipinski definition) is 3. The van der Waals surface area contributed by atoms with Crippen LogP contribution in [0.3, 0.4) is 0 Å². The maximum atomic E-state index is 12.2. The molecule has 3 aromatic heterocycles. The normalized spacial score (nSPS) is 12.6. The highest BCUT2D eigenvalue weighted by Crippen LogP contribution is 2.32. The Labute approximate surface area is 175 Å². The SMILES string of the molecule is CNc1nc2[nH]c(-c3cccc(C(C)NC(=O)CC(C)C)c3)cc2c2c1ncn2C. The number of benzene rings is 1. The molecule has 156 valence electrons. The van der Waals surface area contributed by atoms with Crippen molar-refractivity contribution in [3.8, 4) is 11.3 Å². The number of fused-ring (bicyclic) bond motifs is 3. The number of aryl methyl sites for hydroxylation is 1. The van der Waals surface area contributed by atoms with Gasteiger partial charge >= 0.3 is 0 Å². The van der Waals surface area contributed by atoms with Crippen LogP contribution in [0.1, 0.15) is 38.8 Å². The molecule has 0 aliphatic heterocycles. The molecule has 0 aliphatic rings. The Morgan fingerprint density at radius 3 is 2.77 bits per heavy atom. The summed E-state index contributed by atoms with van der Waals surface area (Å²) in [5.74, 6) is 1.17. The predicted molar refractivity (Wildman–Crippen MR) is 121 cm³/mol. The van der Waals surface area contributed by atoms with E-state index in [0.717, 1.165) is 44.7 Å². The number of pyridine rings is 1. The molecule has 7 heteroatoms.